The number of hydrogen-bond acceptors (Lipinski definition) is 4. The number of aliphatic carboxylic acids is 1. The highest BCUT2D eigenvalue weighted by atomic mass is 16.4. The summed E-state index contributed by atoms with van der Waals surface area (Å²) >= 11 is 0. The number of carboxylic acid groups (broad SMARTS) is 1. The number of anilines is 1. The van der Waals surface area contributed by atoms with Crippen molar-refractivity contribution in [3.8, 4) is 0 Å². The van der Waals surface area contributed by atoms with Crippen molar-refractivity contribution in [2.24, 2.45) is 5.92 Å². The van der Waals surface area contributed by atoms with E-state index in [-0.39, 0.29) is 23.8 Å². The molecular weight excluding hydrogens is 246 g/mol. The van der Waals surface area contributed by atoms with Crippen LogP contribution < -0.4 is 10.5 Å². The topological polar surface area (TPSA) is 86.3 Å². The van der Waals surface area contributed by atoms with E-state index in [0.29, 0.717) is 18.2 Å². The average molecular weight is 265 g/mol. The van der Waals surface area contributed by atoms with E-state index in [1.54, 1.807) is 0 Å². The molecule has 1 atom stereocenters. The highest BCUT2D eigenvalue weighted by Gasteiger charge is 2.25. The van der Waals surface area contributed by atoms with Crippen molar-refractivity contribution in [3.05, 3.63) is 22.2 Å². The van der Waals surface area contributed by atoms with Gasteiger partial charge in [0.05, 0.1) is 0 Å². The normalized spacial score (nSPS) is 19.1. The number of H-pyrrole nitrogens is 1. The summed E-state index contributed by atoms with van der Waals surface area (Å²) in [7, 11) is 0. The van der Waals surface area contributed by atoms with Crippen molar-refractivity contribution in [3.63, 3.8) is 0 Å². The highest BCUT2D eigenvalue weighted by molar-refractivity contribution is 5.67. The van der Waals surface area contributed by atoms with Crippen molar-refractivity contribution >= 4 is 11.8 Å². The van der Waals surface area contributed by atoms with Crippen LogP contribution in [-0.2, 0) is 4.79 Å². The van der Waals surface area contributed by atoms with E-state index in [4.69, 9.17) is 5.11 Å². The third-order valence-electron chi connectivity index (χ3n) is 3.37. The van der Waals surface area contributed by atoms with Crippen LogP contribution in [-0.4, -0.2) is 34.1 Å². The van der Waals surface area contributed by atoms with Gasteiger partial charge in [-0.15, -0.1) is 0 Å². The van der Waals surface area contributed by atoms with Crippen molar-refractivity contribution in [2.75, 3.05) is 18.0 Å². The third-order valence-corrected chi connectivity index (χ3v) is 3.37. The second-order valence-corrected chi connectivity index (χ2v) is 5.34. The van der Waals surface area contributed by atoms with Crippen LogP contribution in [0.15, 0.2) is 10.9 Å². The van der Waals surface area contributed by atoms with Crippen LogP contribution in [0.5, 0.6) is 0 Å². The molecule has 0 amide bonds. The van der Waals surface area contributed by atoms with Crippen LogP contribution in [0.3, 0.4) is 0 Å². The molecule has 0 aliphatic carbocycles. The minimum absolute atomic E-state index is 0.140. The molecule has 19 heavy (non-hydrogen) atoms. The predicted molar refractivity (Wildman–Crippen MR) is 71.5 cm³/mol. The Labute approximate surface area is 111 Å². The number of rotatable bonds is 4. The number of nitrogens with one attached hydrogen (secondary N) is 1. The van der Waals surface area contributed by atoms with E-state index in [1.807, 2.05) is 18.7 Å². The van der Waals surface area contributed by atoms with Gasteiger partial charge in [-0.2, -0.15) is 0 Å². The molecule has 2 N–H and O–H groups in total. The minimum atomic E-state index is -0.770. The minimum Gasteiger partial charge on any atom is -0.481 e. The van der Waals surface area contributed by atoms with Crippen LogP contribution in [0.2, 0.25) is 0 Å². The lowest BCUT2D eigenvalue weighted by atomic mass is 10.1. The fourth-order valence-electron chi connectivity index (χ4n) is 2.35. The van der Waals surface area contributed by atoms with Gasteiger partial charge in [0.2, 0.25) is 0 Å². The molecule has 0 aromatic carbocycles. The van der Waals surface area contributed by atoms with Crippen LogP contribution >= 0.6 is 0 Å². The molecule has 0 spiro atoms. The molecule has 0 radical (unpaired) electrons. The SMILES string of the molecule is CC(C)c1nc(N2CCC(CC(=O)O)C2)cc(=O)[nH]1. The summed E-state index contributed by atoms with van der Waals surface area (Å²) in [6, 6.07) is 1.48. The van der Waals surface area contributed by atoms with Crippen molar-refractivity contribution in [1.82, 2.24) is 9.97 Å². The fraction of sp³-hybridized carbons (Fsp3) is 0.615. The molecule has 104 valence electrons. The van der Waals surface area contributed by atoms with Gasteiger partial charge < -0.3 is 15.0 Å². The van der Waals surface area contributed by atoms with Crippen LogP contribution in [0.1, 0.15) is 38.4 Å². The van der Waals surface area contributed by atoms with Crippen molar-refractivity contribution < 1.29 is 9.90 Å². The quantitative estimate of drug-likeness (QED) is 0.854. The van der Waals surface area contributed by atoms with E-state index >= 15 is 0 Å². The van der Waals surface area contributed by atoms with Crippen LogP contribution in [0.25, 0.3) is 0 Å². The second kappa shape index (κ2) is 5.42. The number of nitrogens with zero attached hydrogens (tertiary/aromatic N) is 2. The Morgan fingerprint density at radius 2 is 2.37 bits per heavy atom. The van der Waals surface area contributed by atoms with Gasteiger partial charge in [-0.25, -0.2) is 4.98 Å². The Morgan fingerprint density at radius 1 is 1.63 bits per heavy atom. The molecule has 1 unspecified atom stereocenters. The van der Waals surface area contributed by atoms with E-state index in [1.165, 1.54) is 6.07 Å². The lowest BCUT2D eigenvalue weighted by Gasteiger charge is -2.18. The van der Waals surface area contributed by atoms with Gasteiger partial charge in [-0.05, 0) is 12.3 Å². The van der Waals surface area contributed by atoms with Crippen molar-refractivity contribution in [2.45, 2.75) is 32.6 Å². The highest BCUT2D eigenvalue weighted by Crippen LogP contribution is 2.24. The monoisotopic (exact) mass is 265 g/mol. The first kappa shape index (κ1) is 13.6. The maximum atomic E-state index is 11.6. The molecule has 1 aromatic rings. The maximum absolute atomic E-state index is 11.6. The van der Waals surface area contributed by atoms with E-state index in [2.05, 4.69) is 9.97 Å². The first-order chi connectivity index (χ1) is 8.95. The molecular formula is C13H19N3O3. The van der Waals surface area contributed by atoms with E-state index in [9.17, 15) is 9.59 Å². The fourth-order valence-corrected chi connectivity index (χ4v) is 2.35. The molecule has 2 rings (SSSR count). The molecule has 2 heterocycles. The molecule has 1 aliphatic rings. The molecule has 6 heteroatoms. The van der Waals surface area contributed by atoms with Gasteiger partial charge in [0.25, 0.3) is 5.56 Å². The Bertz CT molecular complexity index is 524. The largest absolute Gasteiger partial charge is 0.481 e. The molecule has 0 saturated carbocycles. The zero-order valence-electron chi connectivity index (χ0n) is 11.2. The zero-order valence-corrected chi connectivity index (χ0v) is 11.2. The summed E-state index contributed by atoms with van der Waals surface area (Å²) in [5.41, 5.74) is -0.157. The van der Waals surface area contributed by atoms with Gasteiger partial charge in [-0.3, -0.25) is 9.59 Å². The number of carbonyl (C=O) groups is 1. The molecule has 0 bridgehead atoms. The predicted octanol–water partition coefficient (Wildman–Crippen LogP) is 1.19. The van der Waals surface area contributed by atoms with Gasteiger partial charge in [0, 0.05) is 31.5 Å². The standard InChI is InChI=1S/C13H19N3O3/c1-8(2)13-14-10(6-11(17)15-13)16-4-3-9(7-16)5-12(18)19/h6,8-9H,3-5,7H2,1-2H3,(H,18,19)(H,14,15,17). The molecule has 1 aliphatic heterocycles. The summed E-state index contributed by atoms with van der Waals surface area (Å²) in [5, 5.41) is 8.80. The Morgan fingerprint density at radius 3 is 3.00 bits per heavy atom. The van der Waals surface area contributed by atoms with Crippen LogP contribution in [0.4, 0.5) is 5.82 Å². The number of carboxylic acids is 1. The lowest BCUT2D eigenvalue weighted by molar-refractivity contribution is -0.137. The Balaban J connectivity index is 2.15. The lowest BCUT2D eigenvalue weighted by Crippen LogP contribution is -2.25. The smallest absolute Gasteiger partial charge is 0.303 e. The third kappa shape index (κ3) is 3.33. The number of aromatic nitrogens is 2. The molecule has 1 aromatic heterocycles. The van der Waals surface area contributed by atoms with Gasteiger partial charge in [0.1, 0.15) is 11.6 Å². The van der Waals surface area contributed by atoms with Gasteiger partial charge >= 0.3 is 5.97 Å². The molecule has 6 nitrogen and oxygen atoms in total. The Hall–Kier alpha value is -1.85. The van der Waals surface area contributed by atoms with Gasteiger partial charge in [0.15, 0.2) is 0 Å². The summed E-state index contributed by atoms with van der Waals surface area (Å²) in [6.45, 7) is 5.35. The zero-order chi connectivity index (χ0) is 14.0. The maximum Gasteiger partial charge on any atom is 0.303 e. The second-order valence-electron chi connectivity index (χ2n) is 5.34. The van der Waals surface area contributed by atoms with Gasteiger partial charge in [-0.1, -0.05) is 13.8 Å². The number of aromatic amines is 1. The summed E-state index contributed by atoms with van der Waals surface area (Å²) in [4.78, 5) is 31.5. The first-order valence-corrected chi connectivity index (χ1v) is 6.53. The van der Waals surface area contributed by atoms with E-state index < -0.39 is 5.97 Å². The van der Waals surface area contributed by atoms with Crippen molar-refractivity contribution in [1.29, 1.82) is 0 Å². The van der Waals surface area contributed by atoms with Crippen LogP contribution in [0, 0.1) is 5.92 Å². The Kier molecular flexibility index (Phi) is 3.87. The van der Waals surface area contributed by atoms with E-state index in [0.717, 1.165) is 13.0 Å². The molecule has 1 fully saturated rings. The summed E-state index contributed by atoms with van der Waals surface area (Å²) < 4.78 is 0. The number of hydrogen-bond donors (Lipinski definition) is 2. The first-order valence-electron chi connectivity index (χ1n) is 6.53. The average Bonchev–Trinajstić information content (AvgIpc) is 2.75. The summed E-state index contributed by atoms with van der Waals surface area (Å²) in [5.74, 6) is 0.851. The summed E-state index contributed by atoms with van der Waals surface area (Å²) in [6.07, 6.45) is 1.01. The molecule has 1 saturated heterocycles.